The Labute approximate surface area is 156 Å². The average Bonchev–Trinajstić information content (AvgIpc) is 3.18. The summed E-state index contributed by atoms with van der Waals surface area (Å²) in [5, 5.41) is 7.02. The van der Waals surface area contributed by atoms with Gasteiger partial charge in [-0.3, -0.25) is 4.79 Å². The van der Waals surface area contributed by atoms with Crippen LogP contribution in [0.15, 0.2) is 66.1 Å². The Morgan fingerprint density at radius 3 is 2.73 bits per heavy atom. The molecule has 1 N–H and O–H groups in total. The first-order chi connectivity index (χ1) is 12.6. The van der Waals surface area contributed by atoms with E-state index in [2.05, 4.69) is 5.32 Å². The van der Waals surface area contributed by atoms with Gasteiger partial charge in [-0.15, -0.1) is 11.3 Å². The van der Waals surface area contributed by atoms with E-state index in [-0.39, 0.29) is 18.6 Å². The first-order valence-corrected chi connectivity index (χ1v) is 9.17. The molecule has 0 saturated heterocycles. The normalized spacial score (nSPS) is 12.2. The Morgan fingerprint density at radius 1 is 1.12 bits per heavy atom. The molecule has 1 amide bonds. The highest BCUT2D eigenvalue weighted by molar-refractivity contribution is 7.10. The number of nitrogens with one attached hydrogen (secondary N) is 1. The van der Waals surface area contributed by atoms with Crippen LogP contribution in [-0.2, 0) is 14.3 Å². The quantitative estimate of drug-likeness (QED) is 0.522. The van der Waals surface area contributed by atoms with E-state index >= 15 is 0 Å². The second-order valence-electron chi connectivity index (χ2n) is 5.81. The number of rotatable bonds is 6. The second kappa shape index (κ2) is 8.45. The Balaban J connectivity index is 1.55. The number of carbonyl (C=O) groups excluding carboxylic acids is 2. The van der Waals surface area contributed by atoms with Gasteiger partial charge in [0.2, 0.25) is 0 Å². The van der Waals surface area contributed by atoms with Gasteiger partial charge in [0.05, 0.1) is 6.04 Å². The lowest BCUT2D eigenvalue weighted by Crippen LogP contribution is -2.31. The number of esters is 1. The van der Waals surface area contributed by atoms with Crippen molar-refractivity contribution in [2.24, 2.45) is 0 Å². The molecule has 1 atom stereocenters. The van der Waals surface area contributed by atoms with Crippen LogP contribution in [0.1, 0.15) is 23.4 Å². The molecule has 0 fully saturated rings. The van der Waals surface area contributed by atoms with E-state index in [9.17, 15) is 9.59 Å². The maximum Gasteiger partial charge on any atom is 0.331 e. The van der Waals surface area contributed by atoms with E-state index in [1.54, 1.807) is 6.08 Å². The van der Waals surface area contributed by atoms with E-state index in [1.165, 1.54) is 17.4 Å². The molecule has 2 aromatic carbocycles. The zero-order valence-electron chi connectivity index (χ0n) is 14.3. The van der Waals surface area contributed by atoms with E-state index < -0.39 is 5.97 Å². The fourth-order valence-electron chi connectivity index (χ4n) is 2.71. The predicted octanol–water partition coefficient (Wildman–Crippen LogP) is 4.34. The van der Waals surface area contributed by atoms with E-state index in [1.807, 2.05) is 66.9 Å². The van der Waals surface area contributed by atoms with Gasteiger partial charge in [-0.1, -0.05) is 48.5 Å². The van der Waals surface area contributed by atoms with E-state index in [0.717, 1.165) is 21.2 Å². The number of benzene rings is 2. The number of hydrogen-bond donors (Lipinski definition) is 1. The third-order valence-electron chi connectivity index (χ3n) is 3.94. The molecule has 0 radical (unpaired) electrons. The van der Waals surface area contributed by atoms with Gasteiger partial charge < -0.3 is 10.1 Å². The van der Waals surface area contributed by atoms with Crippen LogP contribution in [0.2, 0.25) is 0 Å². The molecule has 0 spiro atoms. The van der Waals surface area contributed by atoms with Crippen LogP contribution < -0.4 is 5.32 Å². The van der Waals surface area contributed by atoms with Gasteiger partial charge >= 0.3 is 5.97 Å². The second-order valence-corrected chi connectivity index (χ2v) is 6.79. The molecule has 0 unspecified atom stereocenters. The molecule has 132 valence electrons. The van der Waals surface area contributed by atoms with Crippen molar-refractivity contribution in [2.75, 3.05) is 6.61 Å². The number of fused-ring (bicyclic) bond motifs is 1. The number of amides is 1. The largest absolute Gasteiger partial charge is 0.452 e. The zero-order chi connectivity index (χ0) is 18.4. The van der Waals surface area contributed by atoms with Crippen molar-refractivity contribution in [3.63, 3.8) is 0 Å². The molecule has 5 heteroatoms. The smallest absolute Gasteiger partial charge is 0.331 e. The maximum absolute atomic E-state index is 12.1. The number of carbonyl (C=O) groups is 2. The highest BCUT2D eigenvalue weighted by Crippen LogP contribution is 2.23. The predicted molar refractivity (Wildman–Crippen MR) is 105 cm³/mol. The monoisotopic (exact) mass is 365 g/mol. The summed E-state index contributed by atoms with van der Waals surface area (Å²) in [5.41, 5.74) is 1.03. The molecule has 1 aromatic heterocycles. The van der Waals surface area contributed by atoms with Crippen LogP contribution in [-0.4, -0.2) is 18.5 Å². The summed E-state index contributed by atoms with van der Waals surface area (Å²) < 4.78 is 4.99. The van der Waals surface area contributed by atoms with Gasteiger partial charge in [0.1, 0.15) is 0 Å². The van der Waals surface area contributed by atoms with Crippen LogP contribution in [0.5, 0.6) is 0 Å². The Hall–Kier alpha value is -2.92. The summed E-state index contributed by atoms with van der Waals surface area (Å²) in [6.07, 6.45) is 3.00. The van der Waals surface area contributed by atoms with Crippen LogP contribution in [0.3, 0.4) is 0 Å². The molecular formula is C21H19NO3S. The molecule has 3 rings (SSSR count). The first-order valence-electron chi connectivity index (χ1n) is 8.29. The number of ether oxygens (including phenoxy) is 1. The summed E-state index contributed by atoms with van der Waals surface area (Å²) >= 11 is 1.52. The number of thiophene rings is 1. The van der Waals surface area contributed by atoms with Gasteiger partial charge in [-0.25, -0.2) is 4.79 Å². The minimum absolute atomic E-state index is 0.186. The van der Waals surface area contributed by atoms with Crippen molar-refractivity contribution in [3.8, 4) is 0 Å². The van der Waals surface area contributed by atoms with Gasteiger partial charge in [-0.05, 0) is 40.8 Å². The molecule has 0 aliphatic carbocycles. The summed E-state index contributed by atoms with van der Waals surface area (Å²) in [4.78, 5) is 24.7. The lowest BCUT2D eigenvalue weighted by atomic mass is 10.00. The Kier molecular flexibility index (Phi) is 5.81. The highest BCUT2D eigenvalue weighted by atomic mass is 32.1. The SMILES string of the molecule is C[C@H](NC(=O)COC(=O)/C=C/c1cccs1)c1cccc2ccccc12. The molecule has 0 saturated carbocycles. The van der Waals surface area contributed by atoms with Gasteiger partial charge in [0.25, 0.3) is 5.91 Å². The zero-order valence-corrected chi connectivity index (χ0v) is 15.2. The van der Waals surface area contributed by atoms with Crippen molar-refractivity contribution in [2.45, 2.75) is 13.0 Å². The third-order valence-corrected chi connectivity index (χ3v) is 4.78. The third kappa shape index (κ3) is 4.58. The van der Waals surface area contributed by atoms with Crippen molar-refractivity contribution in [3.05, 3.63) is 76.5 Å². The lowest BCUT2D eigenvalue weighted by molar-refractivity contribution is -0.144. The molecular weight excluding hydrogens is 346 g/mol. The van der Waals surface area contributed by atoms with Crippen molar-refractivity contribution in [1.82, 2.24) is 5.32 Å². The average molecular weight is 365 g/mol. The topological polar surface area (TPSA) is 55.4 Å². The summed E-state index contributed by atoms with van der Waals surface area (Å²) in [6.45, 7) is 1.61. The molecule has 4 nitrogen and oxygen atoms in total. The fourth-order valence-corrected chi connectivity index (χ4v) is 3.33. The summed E-state index contributed by atoms with van der Waals surface area (Å²) in [5.74, 6) is -0.866. The standard InChI is InChI=1S/C21H19NO3S/c1-15(18-10-4-7-16-6-2-3-9-19(16)18)22-20(23)14-25-21(24)12-11-17-8-5-13-26-17/h2-13,15H,14H2,1H3,(H,22,23)/b12-11+/t15-/m0/s1. The summed E-state index contributed by atoms with van der Waals surface area (Å²) in [7, 11) is 0. The first kappa shape index (κ1) is 17.9. The molecule has 0 bridgehead atoms. The molecule has 1 heterocycles. The molecule has 0 aliphatic rings. The van der Waals surface area contributed by atoms with Gasteiger partial charge in [-0.2, -0.15) is 0 Å². The summed E-state index contributed by atoms with van der Waals surface area (Å²) in [6, 6.07) is 17.6. The van der Waals surface area contributed by atoms with E-state index in [0.29, 0.717) is 0 Å². The molecule has 0 aliphatic heterocycles. The number of hydrogen-bond acceptors (Lipinski definition) is 4. The Bertz CT molecular complexity index is 926. The lowest BCUT2D eigenvalue weighted by Gasteiger charge is -2.16. The van der Waals surface area contributed by atoms with E-state index in [4.69, 9.17) is 4.74 Å². The van der Waals surface area contributed by atoms with Crippen LogP contribution in [0.4, 0.5) is 0 Å². The molecule has 3 aromatic rings. The maximum atomic E-state index is 12.1. The molecule has 26 heavy (non-hydrogen) atoms. The van der Waals surface area contributed by atoms with Crippen LogP contribution in [0, 0.1) is 0 Å². The minimum Gasteiger partial charge on any atom is -0.452 e. The minimum atomic E-state index is -0.536. The van der Waals surface area contributed by atoms with Crippen LogP contribution in [0.25, 0.3) is 16.8 Å². The van der Waals surface area contributed by atoms with Crippen LogP contribution >= 0.6 is 11.3 Å². The Morgan fingerprint density at radius 2 is 1.92 bits per heavy atom. The highest BCUT2D eigenvalue weighted by Gasteiger charge is 2.13. The van der Waals surface area contributed by atoms with Crippen molar-refractivity contribution < 1.29 is 14.3 Å². The van der Waals surface area contributed by atoms with Gasteiger partial charge in [0, 0.05) is 11.0 Å². The fraction of sp³-hybridized carbons (Fsp3) is 0.143. The van der Waals surface area contributed by atoms with Gasteiger partial charge in [0.15, 0.2) is 6.61 Å². The van der Waals surface area contributed by atoms with Crippen molar-refractivity contribution in [1.29, 1.82) is 0 Å². The van der Waals surface area contributed by atoms with Crippen molar-refractivity contribution >= 4 is 40.1 Å².